The van der Waals surface area contributed by atoms with E-state index in [0.717, 1.165) is 0 Å². The van der Waals surface area contributed by atoms with Crippen LogP contribution in [0.4, 0.5) is 0 Å². The molecule has 88 valence electrons. The van der Waals surface area contributed by atoms with Crippen molar-refractivity contribution in [3.63, 3.8) is 0 Å². The molecular weight excluding hydrogens is 194 g/mol. The van der Waals surface area contributed by atoms with Crippen LogP contribution < -0.4 is 5.73 Å². The summed E-state index contributed by atoms with van der Waals surface area (Å²) in [6.07, 6.45) is 3.97. The first-order valence-corrected chi connectivity index (χ1v) is 6.35. The summed E-state index contributed by atoms with van der Waals surface area (Å²) in [5, 5.41) is 0. The molecule has 1 nitrogen and oxygen atoms in total. The Bertz CT molecular complexity index is 358. The molecule has 1 aliphatic rings. The van der Waals surface area contributed by atoms with Gasteiger partial charge < -0.3 is 5.73 Å². The summed E-state index contributed by atoms with van der Waals surface area (Å²) in [4.78, 5) is 0. The zero-order valence-corrected chi connectivity index (χ0v) is 10.7. The highest BCUT2D eigenvalue weighted by atomic mass is 14.7. The van der Waals surface area contributed by atoms with Gasteiger partial charge in [0, 0.05) is 6.04 Å². The quantitative estimate of drug-likeness (QED) is 0.801. The van der Waals surface area contributed by atoms with Crippen molar-refractivity contribution in [2.45, 2.75) is 51.5 Å². The molecule has 0 aromatic heterocycles. The van der Waals surface area contributed by atoms with E-state index in [1.165, 1.54) is 30.4 Å². The largest absolute Gasteiger partial charge is 0.324 e. The Hall–Kier alpha value is -0.820. The van der Waals surface area contributed by atoms with E-state index in [9.17, 15) is 0 Å². The highest BCUT2D eigenvalue weighted by molar-refractivity contribution is 5.35. The van der Waals surface area contributed by atoms with Crippen molar-refractivity contribution in [2.24, 2.45) is 11.7 Å². The van der Waals surface area contributed by atoms with Gasteiger partial charge in [0.2, 0.25) is 0 Å². The molecule has 0 saturated heterocycles. The second-order valence-electron chi connectivity index (χ2n) is 6.05. The molecule has 1 aromatic rings. The molecule has 0 bridgehead atoms. The maximum atomic E-state index is 6.40. The SMILES string of the molecule is CC(C)(C)c1ccccc1C(N)C1CCC1. The normalized spacial score (nSPS) is 19.2. The molecule has 0 heterocycles. The molecule has 1 atom stereocenters. The Morgan fingerprint density at radius 2 is 1.81 bits per heavy atom. The zero-order chi connectivity index (χ0) is 11.8. The Balaban J connectivity index is 2.32. The van der Waals surface area contributed by atoms with Crippen LogP contribution in [0.3, 0.4) is 0 Å². The first kappa shape index (κ1) is 11.7. The minimum atomic E-state index is 0.192. The minimum absolute atomic E-state index is 0.192. The summed E-state index contributed by atoms with van der Waals surface area (Å²) in [5.74, 6) is 0.712. The molecule has 1 unspecified atom stereocenters. The molecule has 0 radical (unpaired) electrons. The maximum absolute atomic E-state index is 6.40. The van der Waals surface area contributed by atoms with Gasteiger partial charge in [-0.05, 0) is 35.3 Å². The van der Waals surface area contributed by atoms with E-state index in [1.54, 1.807) is 0 Å². The molecule has 2 rings (SSSR count). The summed E-state index contributed by atoms with van der Waals surface area (Å²) < 4.78 is 0. The van der Waals surface area contributed by atoms with Crippen molar-refractivity contribution in [1.82, 2.24) is 0 Å². The van der Waals surface area contributed by atoms with Crippen LogP contribution in [-0.4, -0.2) is 0 Å². The topological polar surface area (TPSA) is 26.0 Å². The molecule has 1 heteroatoms. The van der Waals surface area contributed by atoms with E-state index in [4.69, 9.17) is 5.73 Å². The van der Waals surface area contributed by atoms with Gasteiger partial charge in [0.25, 0.3) is 0 Å². The van der Waals surface area contributed by atoms with Gasteiger partial charge in [-0.3, -0.25) is 0 Å². The van der Waals surface area contributed by atoms with Crippen molar-refractivity contribution in [2.75, 3.05) is 0 Å². The van der Waals surface area contributed by atoms with Crippen LogP contribution in [0, 0.1) is 5.92 Å². The summed E-state index contributed by atoms with van der Waals surface area (Å²) in [6, 6.07) is 8.92. The molecule has 16 heavy (non-hydrogen) atoms. The molecular formula is C15H23N. The van der Waals surface area contributed by atoms with Crippen LogP contribution in [-0.2, 0) is 5.41 Å². The fraction of sp³-hybridized carbons (Fsp3) is 0.600. The van der Waals surface area contributed by atoms with Gasteiger partial charge in [-0.1, -0.05) is 51.5 Å². The number of nitrogens with two attached hydrogens (primary N) is 1. The van der Waals surface area contributed by atoms with E-state index in [1.807, 2.05) is 0 Å². The molecule has 1 aromatic carbocycles. The van der Waals surface area contributed by atoms with Gasteiger partial charge in [0.05, 0.1) is 0 Å². The second-order valence-corrected chi connectivity index (χ2v) is 6.05. The van der Waals surface area contributed by atoms with E-state index in [-0.39, 0.29) is 11.5 Å². The van der Waals surface area contributed by atoms with E-state index >= 15 is 0 Å². The lowest BCUT2D eigenvalue weighted by molar-refractivity contribution is 0.262. The summed E-state index contributed by atoms with van der Waals surface area (Å²) in [5.41, 5.74) is 9.36. The first-order valence-electron chi connectivity index (χ1n) is 6.35. The van der Waals surface area contributed by atoms with Crippen molar-refractivity contribution < 1.29 is 0 Å². The fourth-order valence-corrected chi connectivity index (χ4v) is 2.52. The highest BCUT2D eigenvalue weighted by Crippen LogP contribution is 2.39. The Morgan fingerprint density at radius 3 is 2.31 bits per heavy atom. The standard InChI is InChI=1S/C15H23N/c1-15(2,3)13-10-5-4-9-12(13)14(16)11-7-6-8-11/h4-5,9-11,14H,6-8,16H2,1-3H3. The van der Waals surface area contributed by atoms with Crippen LogP contribution in [0.5, 0.6) is 0 Å². The predicted octanol–water partition coefficient (Wildman–Crippen LogP) is 3.78. The molecule has 0 spiro atoms. The highest BCUT2D eigenvalue weighted by Gasteiger charge is 2.29. The van der Waals surface area contributed by atoms with Gasteiger partial charge in [-0.25, -0.2) is 0 Å². The molecule has 0 aliphatic heterocycles. The van der Waals surface area contributed by atoms with Crippen LogP contribution in [0.1, 0.15) is 57.2 Å². The minimum Gasteiger partial charge on any atom is -0.324 e. The third-order valence-corrected chi connectivity index (χ3v) is 3.79. The molecule has 0 amide bonds. The van der Waals surface area contributed by atoms with Crippen LogP contribution in [0.15, 0.2) is 24.3 Å². The Morgan fingerprint density at radius 1 is 1.19 bits per heavy atom. The third-order valence-electron chi connectivity index (χ3n) is 3.79. The van der Waals surface area contributed by atoms with E-state index in [0.29, 0.717) is 5.92 Å². The lowest BCUT2D eigenvalue weighted by Crippen LogP contribution is -2.29. The van der Waals surface area contributed by atoms with Gasteiger partial charge in [0.15, 0.2) is 0 Å². The summed E-state index contributed by atoms with van der Waals surface area (Å²) >= 11 is 0. The number of benzene rings is 1. The van der Waals surface area contributed by atoms with Crippen LogP contribution in [0.2, 0.25) is 0 Å². The molecule has 1 saturated carbocycles. The smallest absolute Gasteiger partial charge is 0.0326 e. The zero-order valence-electron chi connectivity index (χ0n) is 10.7. The van der Waals surface area contributed by atoms with Crippen molar-refractivity contribution in [3.05, 3.63) is 35.4 Å². The number of hydrogen-bond acceptors (Lipinski definition) is 1. The van der Waals surface area contributed by atoms with Crippen LogP contribution >= 0.6 is 0 Å². The van der Waals surface area contributed by atoms with Gasteiger partial charge >= 0.3 is 0 Å². The van der Waals surface area contributed by atoms with Crippen LogP contribution in [0.25, 0.3) is 0 Å². The fourth-order valence-electron chi connectivity index (χ4n) is 2.52. The Kier molecular flexibility index (Phi) is 3.07. The van der Waals surface area contributed by atoms with Gasteiger partial charge in [-0.2, -0.15) is 0 Å². The lowest BCUT2D eigenvalue weighted by atomic mass is 9.73. The first-order chi connectivity index (χ1) is 7.50. The molecule has 2 N–H and O–H groups in total. The van der Waals surface area contributed by atoms with Gasteiger partial charge in [0.1, 0.15) is 0 Å². The van der Waals surface area contributed by atoms with Gasteiger partial charge in [-0.15, -0.1) is 0 Å². The number of hydrogen-bond donors (Lipinski definition) is 1. The van der Waals surface area contributed by atoms with Crippen molar-refractivity contribution in [1.29, 1.82) is 0 Å². The van der Waals surface area contributed by atoms with E-state index < -0.39 is 0 Å². The predicted molar refractivity (Wildman–Crippen MR) is 69.4 cm³/mol. The summed E-state index contributed by atoms with van der Waals surface area (Å²) in [7, 11) is 0. The number of rotatable bonds is 2. The maximum Gasteiger partial charge on any atom is 0.0326 e. The average molecular weight is 217 g/mol. The lowest BCUT2D eigenvalue weighted by Gasteiger charge is -2.34. The summed E-state index contributed by atoms with van der Waals surface area (Å²) in [6.45, 7) is 6.79. The van der Waals surface area contributed by atoms with E-state index in [2.05, 4.69) is 45.0 Å². The third kappa shape index (κ3) is 2.15. The second kappa shape index (κ2) is 4.21. The Labute approximate surface area is 99.0 Å². The average Bonchev–Trinajstić information content (AvgIpc) is 2.13. The monoisotopic (exact) mass is 217 g/mol. The molecule has 1 fully saturated rings. The van der Waals surface area contributed by atoms with Crippen molar-refractivity contribution >= 4 is 0 Å². The van der Waals surface area contributed by atoms with Crippen molar-refractivity contribution in [3.8, 4) is 0 Å². The molecule has 1 aliphatic carbocycles.